The predicted molar refractivity (Wildman–Crippen MR) is 160 cm³/mol. The highest BCUT2D eigenvalue weighted by molar-refractivity contribution is 7.48. The summed E-state index contributed by atoms with van der Waals surface area (Å²) in [6.07, 6.45) is -2.04. The normalized spacial score (nSPS) is 25.2. The third-order valence-electron chi connectivity index (χ3n) is 7.06. The summed E-state index contributed by atoms with van der Waals surface area (Å²) in [5.41, 5.74) is -2.27. The van der Waals surface area contributed by atoms with Gasteiger partial charge in [0.25, 0.3) is 0 Å². The largest absolute Gasteiger partial charge is 0.488 e. The van der Waals surface area contributed by atoms with Crippen molar-refractivity contribution in [3.63, 3.8) is 0 Å². The molecule has 7 atom stereocenters. The minimum atomic E-state index is -4.56. The van der Waals surface area contributed by atoms with Gasteiger partial charge in [-0.2, -0.15) is 4.08 Å². The number of unbranched alkanes of at least 4 members (excludes halogenated alkanes) is 3. The molecule has 5 unspecified atom stereocenters. The van der Waals surface area contributed by atoms with Crippen LogP contribution in [0.15, 0.2) is 0 Å². The Kier molecular flexibility index (Phi) is 19.9. The number of halogens is 1. The topological polar surface area (TPSA) is 269 Å². The van der Waals surface area contributed by atoms with Crippen LogP contribution >= 0.6 is 27.5 Å². The van der Waals surface area contributed by atoms with Crippen LogP contribution in [0.4, 0.5) is 0 Å². The molecule has 18 nitrogen and oxygen atoms in total. The zero-order valence-corrected chi connectivity index (χ0v) is 28.8. The van der Waals surface area contributed by atoms with Gasteiger partial charge in [0.05, 0.1) is 69.1 Å². The summed E-state index contributed by atoms with van der Waals surface area (Å²) >= 11 is 4.88. The minimum Gasteiger partial charge on any atom is -0.396 e. The fourth-order valence-corrected chi connectivity index (χ4v) is 5.59. The van der Waals surface area contributed by atoms with Crippen molar-refractivity contribution in [3.8, 4) is 0 Å². The molecule has 0 aromatic heterocycles. The summed E-state index contributed by atoms with van der Waals surface area (Å²) in [4.78, 5) is 30.7. The summed E-state index contributed by atoms with van der Waals surface area (Å²) in [6.45, 7) is 2.01. The van der Waals surface area contributed by atoms with Crippen LogP contribution in [0.5, 0.6) is 0 Å². The number of carbonyl (C=O) groups is 1. The molecular weight excluding hydrogens is 684 g/mol. The molecule has 21 heteroatoms. The van der Waals surface area contributed by atoms with Gasteiger partial charge in [0.2, 0.25) is 5.91 Å². The van der Waals surface area contributed by atoms with Crippen LogP contribution in [0.3, 0.4) is 0 Å². The van der Waals surface area contributed by atoms with E-state index in [0.29, 0.717) is 32.1 Å². The standard InChI is InChI=1S/C25H50ClNO17P2/c1-18(31)27-20-22(33)21(32)19(13-28)43-23(20)38-10-6-4-5-7-11-40-45(34,35)41-12-8-9-24(2,3)39-16-25(14-29,15-30)17-42-46(36,37)44-26/h19-23,28-30,32-33H,4-17H2,1-3H3,(H,27,31)(H,34,35)(H,36,37)/t19?,20?,21-,22?,23+/m0/s1. The van der Waals surface area contributed by atoms with Gasteiger partial charge in [0.15, 0.2) is 6.29 Å². The van der Waals surface area contributed by atoms with Crippen molar-refractivity contribution in [2.24, 2.45) is 5.41 Å². The number of amides is 1. The van der Waals surface area contributed by atoms with E-state index < -0.39 is 89.6 Å². The molecule has 1 saturated heterocycles. The highest BCUT2D eigenvalue weighted by Crippen LogP contribution is 2.46. The molecule has 46 heavy (non-hydrogen) atoms. The van der Waals surface area contributed by atoms with E-state index in [1.54, 1.807) is 13.8 Å². The molecule has 0 radical (unpaired) electrons. The average Bonchev–Trinajstić information content (AvgIpc) is 3.00. The molecule has 1 rings (SSSR count). The van der Waals surface area contributed by atoms with E-state index in [9.17, 15) is 49.2 Å². The second-order valence-electron chi connectivity index (χ2n) is 11.6. The molecule has 0 aromatic carbocycles. The van der Waals surface area contributed by atoms with Crippen molar-refractivity contribution in [2.45, 2.75) is 95.5 Å². The number of carbonyl (C=O) groups excluding carboxylic acids is 1. The van der Waals surface area contributed by atoms with Crippen LogP contribution in [0.25, 0.3) is 0 Å². The van der Waals surface area contributed by atoms with E-state index >= 15 is 0 Å². The molecule has 8 N–H and O–H groups in total. The summed E-state index contributed by atoms with van der Waals surface area (Å²) in [5.74, 6) is -0.454. The lowest BCUT2D eigenvalue weighted by atomic mass is 9.92. The maximum Gasteiger partial charge on any atom is 0.488 e. The second kappa shape index (κ2) is 21.0. The highest BCUT2D eigenvalue weighted by atomic mass is 35.5. The number of nitrogens with one attached hydrogen (secondary N) is 1. The number of rotatable bonds is 25. The molecule has 0 bridgehead atoms. The van der Waals surface area contributed by atoms with Gasteiger partial charge in [-0.05, 0) is 39.5 Å². The van der Waals surface area contributed by atoms with Crippen molar-refractivity contribution in [1.29, 1.82) is 0 Å². The number of hydrogen-bond acceptors (Lipinski definition) is 15. The monoisotopic (exact) mass is 733 g/mol. The lowest BCUT2D eigenvalue weighted by Gasteiger charge is -2.42. The van der Waals surface area contributed by atoms with Gasteiger partial charge in [-0.3, -0.25) is 18.4 Å². The van der Waals surface area contributed by atoms with Crippen molar-refractivity contribution in [2.75, 3.05) is 52.9 Å². The Bertz CT molecular complexity index is 975. The van der Waals surface area contributed by atoms with E-state index in [4.69, 9.17) is 35.1 Å². The van der Waals surface area contributed by atoms with E-state index in [-0.39, 0.29) is 32.8 Å². The van der Waals surface area contributed by atoms with Gasteiger partial charge < -0.3 is 54.8 Å². The predicted octanol–water partition coefficient (Wildman–Crippen LogP) is 0.475. The average molecular weight is 734 g/mol. The van der Waals surface area contributed by atoms with Crippen molar-refractivity contribution < 1.29 is 81.1 Å². The third kappa shape index (κ3) is 16.4. The van der Waals surface area contributed by atoms with Crippen molar-refractivity contribution in [1.82, 2.24) is 5.32 Å². The maximum atomic E-state index is 12.2. The van der Waals surface area contributed by atoms with Crippen LogP contribution in [-0.2, 0) is 45.8 Å². The van der Waals surface area contributed by atoms with Crippen LogP contribution in [0, 0.1) is 5.41 Å². The Morgan fingerprint density at radius 1 is 0.870 bits per heavy atom. The van der Waals surface area contributed by atoms with E-state index in [0.717, 1.165) is 0 Å². The Morgan fingerprint density at radius 2 is 1.46 bits per heavy atom. The number of aliphatic hydroxyl groups is 5. The van der Waals surface area contributed by atoms with E-state index in [1.807, 2.05) is 0 Å². The Hall–Kier alpha value is -0.340. The van der Waals surface area contributed by atoms with Crippen LogP contribution in [0.2, 0.25) is 0 Å². The lowest BCUT2D eigenvalue weighted by molar-refractivity contribution is -0.270. The first kappa shape index (κ1) is 43.7. The maximum absolute atomic E-state index is 12.2. The molecule has 1 heterocycles. The fraction of sp³-hybridized carbons (Fsp3) is 0.960. The number of ether oxygens (including phenoxy) is 3. The first-order valence-electron chi connectivity index (χ1n) is 14.7. The molecule has 274 valence electrons. The van der Waals surface area contributed by atoms with Crippen molar-refractivity contribution in [3.05, 3.63) is 0 Å². The van der Waals surface area contributed by atoms with Crippen LogP contribution in [-0.4, -0.2) is 130 Å². The summed E-state index contributed by atoms with van der Waals surface area (Å²) in [7, 11) is -8.87. The highest BCUT2D eigenvalue weighted by Gasteiger charge is 2.45. The molecule has 0 aromatic rings. The molecule has 1 aliphatic heterocycles. The van der Waals surface area contributed by atoms with Crippen LogP contribution in [0.1, 0.15) is 59.3 Å². The van der Waals surface area contributed by atoms with Crippen molar-refractivity contribution >= 4 is 33.4 Å². The lowest BCUT2D eigenvalue weighted by Crippen LogP contribution is -2.64. The first-order chi connectivity index (χ1) is 21.5. The molecule has 0 spiro atoms. The molecule has 1 amide bonds. The molecular formula is C25H50ClNO17P2. The Labute approximate surface area is 273 Å². The fourth-order valence-electron chi connectivity index (χ4n) is 4.20. The molecule has 1 fully saturated rings. The van der Waals surface area contributed by atoms with Gasteiger partial charge in [-0.1, -0.05) is 12.8 Å². The zero-order valence-electron chi connectivity index (χ0n) is 26.3. The summed E-state index contributed by atoms with van der Waals surface area (Å²) < 4.78 is 59.0. The van der Waals surface area contributed by atoms with E-state index in [2.05, 4.69) is 13.9 Å². The Morgan fingerprint density at radius 3 is 2.00 bits per heavy atom. The number of phosphoric acid groups is 2. The minimum absolute atomic E-state index is 0.0379. The van der Waals surface area contributed by atoms with Crippen LogP contribution < -0.4 is 5.32 Å². The van der Waals surface area contributed by atoms with E-state index in [1.165, 1.54) is 6.92 Å². The summed E-state index contributed by atoms with van der Waals surface area (Å²) in [5, 5.41) is 51.6. The second-order valence-corrected chi connectivity index (χ2v) is 14.8. The molecule has 0 saturated carbocycles. The van der Waals surface area contributed by atoms with Gasteiger partial charge in [0.1, 0.15) is 24.4 Å². The van der Waals surface area contributed by atoms with Gasteiger partial charge in [-0.15, -0.1) is 0 Å². The Balaban J connectivity index is 2.30. The number of hydrogen-bond donors (Lipinski definition) is 8. The SMILES string of the molecule is CC(=O)NC1C(O)[C@@H](O)C(CO)O[C@H]1OCCCCCCOP(=O)(O)OCCCC(C)(C)OCC(CO)(CO)COP(=O)(O)OCl. The van der Waals surface area contributed by atoms with Gasteiger partial charge in [0, 0.05) is 13.5 Å². The third-order valence-corrected chi connectivity index (χ3v) is 9.24. The number of phosphoric ester groups is 2. The van der Waals surface area contributed by atoms with Gasteiger partial charge in [-0.25, -0.2) is 9.13 Å². The smallest absolute Gasteiger partial charge is 0.396 e. The molecule has 0 aliphatic carbocycles. The zero-order chi connectivity index (χ0) is 35.0. The first-order valence-corrected chi connectivity index (χ1v) is 18.0. The quantitative estimate of drug-likeness (QED) is 0.0468. The summed E-state index contributed by atoms with van der Waals surface area (Å²) in [6, 6.07) is -1.02. The number of aliphatic hydroxyl groups excluding tert-OH is 5. The molecule has 1 aliphatic rings. The van der Waals surface area contributed by atoms with Gasteiger partial charge >= 0.3 is 15.6 Å².